The number of halogens is 2. The quantitative estimate of drug-likeness (QED) is 0.186. The molecule has 7 nitrogen and oxygen atoms in total. The predicted molar refractivity (Wildman–Crippen MR) is 175 cm³/mol. The van der Waals surface area contributed by atoms with Gasteiger partial charge in [0.1, 0.15) is 6.61 Å². The van der Waals surface area contributed by atoms with Gasteiger partial charge < -0.3 is 14.2 Å². The minimum Gasteiger partial charge on any atom is -0.493 e. The molecule has 0 N–H and O–H groups in total. The van der Waals surface area contributed by atoms with Crippen molar-refractivity contribution in [1.29, 1.82) is 0 Å². The molecule has 2 heterocycles. The van der Waals surface area contributed by atoms with Gasteiger partial charge in [0.2, 0.25) is 0 Å². The van der Waals surface area contributed by atoms with Crippen molar-refractivity contribution in [1.82, 2.24) is 4.57 Å². The van der Waals surface area contributed by atoms with Gasteiger partial charge in [-0.15, -0.1) is 0 Å². The van der Waals surface area contributed by atoms with Gasteiger partial charge in [0.15, 0.2) is 16.3 Å². The summed E-state index contributed by atoms with van der Waals surface area (Å²) in [7, 11) is 1.53. The molecule has 0 bridgehead atoms. The average molecular weight is 652 g/mol. The van der Waals surface area contributed by atoms with E-state index in [9.17, 15) is 9.59 Å². The second-order valence-corrected chi connectivity index (χ2v) is 12.4. The number of fused-ring (bicyclic) bond motifs is 1. The van der Waals surface area contributed by atoms with Crippen molar-refractivity contribution in [3.05, 3.63) is 124 Å². The minimum absolute atomic E-state index is 0.209. The highest BCUT2D eigenvalue weighted by Gasteiger charge is 2.33. The molecule has 0 aliphatic carbocycles. The summed E-state index contributed by atoms with van der Waals surface area (Å²) in [5, 5.41) is 0.975. The van der Waals surface area contributed by atoms with Gasteiger partial charge in [-0.3, -0.25) is 9.36 Å². The Morgan fingerprint density at radius 2 is 1.80 bits per heavy atom. The van der Waals surface area contributed by atoms with Gasteiger partial charge >= 0.3 is 5.97 Å². The van der Waals surface area contributed by atoms with Crippen LogP contribution in [0.1, 0.15) is 61.9 Å². The Morgan fingerprint density at radius 3 is 2.43 bits per heavy atom. The van der Waals surface area contributed by atoms with Gasteiger partial charge in [0, 0.05) is 5.02 Å². The van der Waals surface area contributed by atoms with Gasteiger partial charge in [-0.05, 0) is 72.4 Å². The Hall–Kier alpha value is -3.85. The van der Waals surface area contributed by atoms with Crippen LogP contribution in [0, 0.1) is 0 Å². The van der Waals surface area contributed by atoms with Crippen LogP contribution in [0.4, 0.5) is 0 Å². The molecule has 0 spiro atoms. The number of thiazole rings is 1. The fourth-order valence-electron chi connectivity index (χ4n) is 5.02. The molecule has 3 aromatic carbocycles. The Morgan fingerprint density at radius 1 is 1.09 bits per heavy atom. The first kappa shape index (κ1) is 31.6. The number of benzene rings is 3. The normalized spacial score (nSPS) is 14.8. The molecule has 4 aromatic rings. The number of aromatic nitrogens is 1. The van der Waals surface area contributed by atoms with E-state index in [0.29, 0.717) is 53.6 Å². The summed E-state index contributed by atoms with van der Waals surface area (Å²) in [5.41, 5.74) is 4.10. The van der Waals surface area contributed by atoms with E-state index in [-0.39, 0.29) is 18.8 Å². The van der Waals surface area contributed by atoms with Crippen molar-refractivity contribution in [3.8, 4) is 11.5 Å². The van der Waals surface area contributed by atoms with E-state index in [2.05, 4.69) is 18.8 Å². The van der Waals surface area contributed by atoms with Crippen molar-refractivity contribution in [2.75, 3.05) is 13.7 Å². The summed E-state index contributed by atoms with van der Waals surface area (Å²) >= 11 is 13.9. The van der Waals surface area contributed by atoms with Crippen LogP contribution >= 0.6 is 34.5 Å². The number of nitrogens with zero attached hydrogens (tertiary/aromatic N) is 2. The molecule has 0 saturated carbocycles. The van der Waals surface area contributed by atoms with Gasteiger partial charge in [0.25, 0.3) is 5.56 Å². The number of hydrogen-bond acceptors (Lipinski definition) is 7. The van der Waals surface area contributed by atoms with E-state index < -0.39 is 12.0 Å². The van der Waals surface area contributed by atoms with Crippen LogP contribution in [-0.2, 0) is 16.1 Å². The van der Waals surface area contributed by atoms with Gasteiger partial charge in [0.05, 0.1) is 40.6 Å². The molecule has 5 rings (SSSR count). The maximum Gasteiger partial charge on any atom is 0.338 e. The topological polar surface area (TPSA) is 79.1 Å². The van der Waals surface area contributed by atoms with Gasteiger partial charge in [-0.1, -0.05) is 84.8 Å². The van der Waals surface area contributed by atoms with Crippen LogP contribution in [0.25, 0.3) is 6.08 Å². The second kappa shape index (κ2) is 13.4. The lowest BCUT2D eigenvalue weighted by Crippen LogP contribution is -2.39. The molecule has 0 saturated heterocycles. The largest absolute Gasteiger partial charge is 0.493 e. The zero-order chi connectivity index (χ0) is 31.5. The zero-order valence-corrected chi connectivity index (χ0v) is 27.3. The molecule has 1 aliphatic heterocycles. The summed E-state index contributed by atoms with van der Waals surface area (Å²) in [6, 6.07) is 18.1. The maximum absolute atomic E-state index is 14.0. The maximum atomic E-state index is 14.0. The smallest absolute Gasteiger partial charge is 0.338 e. The standard InChI is InChI=1S/C34H32Cl2N2O5S/c1-6-42-33(40)29-20(4)37-34-38(30(29)24-11-9-23(10-12-24)19(2)3)32(39)28(44-34)17-22-15-26(36)31(27(16-22)41-5)43-18-21-7-13-25(35)14-8-21/h7-17,19,30H,6,18H2,1-5H3/t30-/m0/s1. The number of ether oxygens (including phenoxy) is 3. The Labute approximate surface area is 269 Å². The third-order valence-electron chi connectivity index (χ3n) is 7.28. The van der Waals surface area contributed by atoms with Crippen LogP contribution in [-0.4, -0.2) is 24.3 Å². The lowest BCUT2D eigenvalue weighted by molar-refractivity contribution is -0.139. The molecule has 10 heteroatoms. The van der Waals surface area contributed by atoms with Crippen molar-refractivity contribution in [2.45, 2.75) is 46.3 Å². The van der Waals surface area contributed by atoms with E-state index in [1.807, 2.05) is 36.4 Å². The molecule has 0 fully saturated rings. The minimum atomic E-state index is -0.685. The van der Waals surface area contributed by atoms with Crippen LogP contribution in [0.15, 0.2) is 81.7 Å². The van der Waals surface area contributed by atoms with Crippen LogP contribution in [0.5, 0.6) is 11.5 Å². The molecule has 0 amide bonds. The highest BCUT2D eigenvalue weighted by atomic mass is 35.5. The Bertz CT molecular complexity index is 1910. The predicted octanol–water partition coefficient (Wildman–Crippen LogP) is 6.82. The lowest BCUT2D eigenvalue weighted by atomic mass is 9.93. The molecule has 1 atom stereocenters. The number of allylic oxidation sites excluding steroid dienone is 1. The molecule has 0 unspecified atom stereocenters. The van der Waals surface area contributed by atoms with E-state index >= 15 is 0 Å². The summed E-state index contributed by atoms with van der Waals surface area (Å²) in [5.74, 6) is 0.661. The fraction of sp³-hybridized carbons (Fsp3) is 0.265. The van der Waals surface area contributed by atoms with E-state index in [0.717, 1.165) is 16.7 Å². The Kier molecular flexibility index (Phi) is 9.63. The highest BCUT2D eigenvalue weighted by molar-refractivity contribution is 7.07. The molecule has 44 heavy (non-hydrogen) atoms. The molecule has 1 aromatic heterocycles. The first-order valence-corrected chi connectivity index (χ1v) is 15.7. The Balaban J connectivity index is 1.57. The number of methoxy groups -OCH3 is 1. The second-order valence-electron chi connectivity index (χ2n) is 10.6. The summed E-state index contributed by atoms with van der Waals surface area (Å²) in [4.78, 5) is 32.3. The lowest BCUT2D eigenvalue weighted by Gasteiger charge is -2.25. The third-order valence-corrected chi connectivity index (χ3v) is 8.80. The number of hydrogen-bond donors (Lipinski definition) is 0. The van der Waals surface area contributed by atoms with E-state index in [4.69, 9.17) is 37.4 Å². The fourth-order valence-corrected chi connectivity index (χ4v) is 6.47. The van der Waals surface area contributed by atoms with Crippen molar-refractivity contribution >= 4 is 46.6 Å². The van der Waals surface area contributed by atoms with Gasteiger partial charge in [-0.2, -0.15) is 0 Å². The molecular formula is C34H32Cl2N2O5S. The van der Waals surface area contributed by atoms with Crippen LogP contribution in [0.3, 0.4) is 0 Å². The molecular weight excluding hydrogens is 619 g/mol. The number of esters is 1. The highest BCUT2D eigenvalue weighted by Crippen LogP contribution is 2.37. The number of carbonyl (C=O) groups excluding carboxylic acids is 1. The monoisotopic (exact) mass is 650 g/mol. The summed E-state index contributed by atoms with van der Waals surface area (Å²) in [6.45, 7) is 8.24. The average Bonchev–Trinajstić information content (AvgIpc) is 3.30. The van der Waals surface area contributed by atoms with Crippen LogP contribution < -0.4 is 24.4 Å². The molecule has 1 aliphatic rings. The molecule has 228 valence electrons. The first-order valence-electron chi connectivity index (χ1n) is 14.2. The van der Waals surface area contributed by atoms with E-state index in [1.165, 1.54) is 18.4 Å². The zero-order valence-electron chi connectivity index (χ0n) is 25.0. The molecule has 0 radical (unpaired) electrons. The SMILES string of the molecule is CCOC(=O)C1=C(C)N=c2sc(=Cc3cc(Cl)c(OCc4ccc(Cl)cc4)c(OC)c3)c(=O)n2[C@H]1c1ccc(C(C)C)cc1. The summed E-state index contributed by atoms with van der Waals surface area (Å²) in [6.07, 6.45) is 1.74. The van der Waals surface area contributed by atoms with Crippen molar-refractivity contribution in [2.24, 2.45) is 4.99 Å². The number of carbonyl (C=O) groups is 1. The first-order chi connectivity index (χ1) is 21.1. The number of rotatable bonds is 9. The van der Waals surface area contributed by atoms with Gasteiger partial charge in [-0.25, -0.2) is 9.79 Å². The van der Waals surface area contributed by atoms with Crippen molar-refractivity contribution < 1.29 is 19.0 Å². The van der Waals surface area contributed by atoms with E-state index in [1.54, 1.807) is 48.8 Å². The van der Waals surface area contributed by atoms with Crippen molar-refractivity contribution in [3.63, 3.8) is 0 Å². The van der Waals surface area contributed by atoms with Crippen LogP contribution in [0.2, 0.25) is 10.0 Å². The summed E-state index contributed by atoms with van der Waals surface area (Å²) < 4.78 is 19.0. The third kappa shape index (κ3) is 6.48.